The molecule has 8 nitrogen and oxygen atoms in total. The van der Waals surface area contributed by atoms with Crippen molar-refractivity contribution >= 4 is 21.6 Å². The average molecular weight is 409 g/mol. The van der Waals surface area contributed by atoms with Crippen molar-refractivity contribution in [1.29, 1.82) is 0 Å². The van der Waals surface area contributed by atoms with Crippen molar-refractivity contribution in [1.82, 2.24) is 24.9 Å². The first kappa shape index (κ1) is 18.1. The van der Waals surface area contributed by atoms with E-state index in [4.69, 9.17) is 4.52 Å². The van der Waals surface area contributed by atoms with Crippen LogP contribution in [0.1, 0.15) is 24.1 Å². The van der Waals surface area contributed by atoms with Crippen LogP contribution in [0.4, 0.5) is 4.39 Å². The third-order valence-electron chi connectivity index (χ3n) is 4.36. The summed E-state index contributed by atoms with van der Waals surface area (Å²) < 4.78 is 43.4. The molecule has 27 heavy (non-hydrogen) atoms. The quantitative estimate of drug-likeness (QED) is 0.591. The van der Waals surface area contributed by atoms with Crippen molar-refractivity contribution in [2.24, 2.45) is 7.05 Å². The zero-order chi connectivity index (χ0) is 19.0. The van der Waals surface area contributed by atoms with Gasteiger partial charge in [-0.15, -0.1) is 10.2 Å². The molecular formula is C16H16FN5O3S2. The zero-order valence-corrected chi connectivity index (χ0v) is 16.0. The van der Waals surface area contributed by atoms with Gasteiger partial charge in [-0.1, -0.05) is 16.9 Å². The van der Waals surface area contributed by atoms with Crippen LogP contribution in [0.25, 0.3) is 11.4 Å². The van der Waals surface area contributed by atoms with E-state index >= 15 is 0 Å². The fourth-order valence-electron chi connectivity index (χ4n) is 2.96. The number of halogens is 1. The topological polar surface area (TPSA) is 104 Å². The minimum absolute atomic E-state index is 0.115. The highest BCUT2D eigenvalue weighted by atomic mass is 32.2. The third-order valence-corrected chi connectivity index (χ3v) is 7.13. The van der Waals surface area contributed by atoms with Gasteiger partial charge in [0.15, 0.2) is 15.0 Å². The minimum atomic E-state index is -2.98. The van der Waals surface area contributed by atoms with Crippen molar-refractivity contribution < 1.29 is 17.3 Å². The molecular weight excluding hydrogens is 393 g/mol. The summed E-state index contributed by atoms with van der Waals surface area (Å²) in [6.45, 7) is 0. The van der Waals surface area contributed by atoms with Crippen LogP contribution in [0.2, 0.25) is 0 Å². The molecule has 1 aliphatic rings. The Kier molecular flexibility index (Phi) is 4.72. The van der Waals surface area contributed by atoms with Gasteiger partial charge >= 0.3 is 0 Å². The van der Waals surface area contributed by atoms with Crippen LogP contribution in [0.15, 0.2) is 33.9 Å². The number of thioether (sulfide) groups is 1. The van der Waals surface area contributed by atoms with Crippen molar-refractivity contribution in [2.75, 3.05) is 11.5 Å². The number of rotatable bonds is 5. The summed E-state index contributed by atoms with van der Waals surface area (Å²) in [6, 6.07) is 5.85. The fraction of sp³-hybridized carbons (Fsp3) is 0.375. The van der Waals surface area contributed by atoms with Crippen LogP contribution in [-0.4, -0.2) is 44.8 Å². The van der Waals surface area contributed by atoms with Gasteiger partial charge in [0, 0.05) is 18.5 Å². The largest absolute Gasteiger partial charge is 0.338 e. The molecule has 1 fully saturated rings. The molecule has 0 aliphatic carbocycles. The van der Waals surface area contributed by atoms with Crippen LogP contribution < -0.4 is 0 Å². The smallest absolute Gasteiger partial charge is 0.237 e. The Morgan fingerprint density at radius 2 is 2.07 bits per heavy atom. The van der Waals surface area contributed by atoms with Gasteiger partial charge in [0.25, 0.3) is 0 Å². The molecule has 2 aromatic heterocycles. The lowest BCUT2D eigenvalue weighted by atomic mass is 10.1. The summed E-state index contributed by atoms with van der Waals surface area (Å²) in [5.41, 5.74) is 0.666. The van der Waals surface area contributed by atoms with E-state index in [2.05, 4.69) is 20.3 Å². The summed E-state index contributed by atoms with van der Waals surface area (Å²) in [6.07, 6.45) is 0.573. The minimum Gasteiger partial charge on any atom is -0.338 e. The van der Waals surface area contributed by atoms with Gasteiger partial charge in [-0.3, -0.25) is 0 Å². The lowest BCUT2D eigenvalue weighted by molar-refractivity contribution is 0.391. The molecule has 3 heterocycles. The Bertz CT molecular complexity index is 1060. The van der Waals surface area contributed by atoms with E-state index in [9.17, 15) is 12.8 Å². The van der Waals surface area contributed by atoms with E-state index in [1.54, 1.807) is 12.1 Å². The van der Waals surface area contributed by atoms with Crippen LogP contribution in [0.3, 0.4) is 0 Å². The first-order valence-electron chi connectivity index (χ1n) is 8.22. The number of hydrogen-bond donors (Lipinski definition) is 0. The van der Waals surface area contributed by atoms with Gasteiger partial charge in [-0.2, -0.15) is 4.98 Å². The molecule has 0 saturated carbocycles. The number of aromatic nitrogens is 5. The van der Waals surface area contributed by atoms with Gasteiger partial charge in [0.2, 0.25) is 11.7 Å². The molecule has 142 valence electrons. The Morgan fingerprint density at radius 1 is 1.30 bits per heavy atom. The van der Waals surface area contributed by atoms with Crippen LogP contribution in [-0.2, 0) is 22.6 Å². The van der Waals surface area contributed by atoms with Crippen LogP contribution >= 0.6 is 11.8 Å². The first-order valence-corrected chi connectivity index (χ1v) is 11.0. The van der Waals surface area contributed by atoms with Gasteiger partial charge in [0.05, 0.1) is 17.3 Å². The number of sulfone groups is 1. The molecule has 1 unspecified atom stereocenters. The van der Waals surface area contributed by atoms with Crippen LogP contribution in [0.5, 0.6) is 0 Å². The van der Waals surface area contributed by atoms with E-state index in [1.807, 2.05) is 11.6 Å². The average Bonchev–Trinajstić information content (AvgIpc) is 3.33. The zero-order valence-electron chi connectivity index (χ0n) is 14.4. The maximum absolute atomic E-state index is 13.0. The van der Waals surface area contributed by atoms with Gasteiger partial charge in [0.1, 0.15) is 11.6 Å². The molecule has 0 spiro atoms. The van der Waals surface area contributed by atoms with Crippen molar-refractivity contribution in [3.8, 4) is 11.4 Å². The molecule has 4 rings (SSSR count). The van der Waals surface area contributed by atoms with Gasteiger partial charge in [-0.05, 0) is 30.7 Å². The predicted octanol–water partition coefficient (Wildman–Crippen LogP) is 2.20. The van der Waals surface area contributed by atoms with Crippen molar-refractivity contribution in [2.45, 2.75) is 23.2 Å². The molecule has 3 aromatic rings. The Balaban J connectivity index is 1.43. The predicted molar refractivity (Wildman–Crippen MR) is 96.3 cm³/mol. The van der Waals surface area contributed by atoms with E-state index in [1.165, 1.54) is 23.9 Å². The van der Waals surface area contributed by atoms with E-state index in [0.29, 0.717) is 40.4 Å². The molecule has 11 heteroatoms. The summed E-state index contributed by atoms with van der Waals surface area (Å²) >= 11 is 1.37. The second-order valence-corrected chi connectivity index (χ2v) is 9.48. The molecule has 0 bridgehead atoms. The lowest BCUT2D eigenvalue weighted by Gasteiger charge is -2.07. The van der Waals surface area contributed by atoms with Crippen molar-refractivity contribution in [3.05, 3.63) is 41.8 Å². The standard InChI is InChI=1S/C16H16FN5O3S2/c1-22-15(11-6-7-27(23,24)9-11)19-20-16(22)26-8-13-18-14(21-25-13)10-2-4-12(17)5-3-10/h2-5,11H,6-9H2,1H3. The van der Waals surface area contributed by atoms with E-state index in [-0.39, 0.29) is 23.2 Å². The Labute approximate surface area is 159 Å². The highest BCUT2D eigenvalue weighted by Crippen LogP contribution is 2.30. The lowest BCUT2D eigenvalue weighted by Crippen LogP contribution is -2.09. The second kappa shape index (κ2) is 7.04. The SMILES string of the molecule is Cn1c(SCc2nc(-c3ccc(F)cc3)no2)nnc1C1CCS(=O)(=O)C1. The van der Waals surface area contributed by atoms with E-state index in [0.717, 1.165) is 0 Å². The summed E-state index contributed by atoms with van der Waals surface area (Å²) in [4.78, 5) is 4.30. The molecule has 1 atom stereocenters. The normalized spacial score (nSPS) is 18.8. The molecule has 0 radical (unpaired) electrons. The molecule has 1 aromatic carbocycles. The Morgan fingerprint density at radius 3 is 2.78 bits per heavy atom. The summed E-state index contributed by atoms with van der Waals surface area (Å²) in [5.74, 6) is 1.74. The maximum atomic E-state index is 13.0. The molecule has 1 saturated heterocycles. The molecule has 0 N–H and O–H groups in total. The summed E-state index contributed by atoms with van der Waals surface area (Å²) in [5, 5.41) is 12.9. The molecule has 0 amide bonds. The number of nitrogens with zero attached hydrogens (tertiary/aromatic N) is 5. The highest BCUT2D eigenvalue weighted by Gasteiger charge is 2.32. The van der Waals surface area contributed by atoms with Crippen molar-refractivity contribution in [3.63, 3.8) is 0 Å². The van der Waals surface area contributed by atoms with Gasteiger partial charge < -0.3 is 9.09 Å². The third kappa shape index (κ3) is 3.88. The maximum Gasteiger partial charge on any atom is 0.237 e. The molecule has 1 aliphatic heterocycles. The second-order valence-electron chi connectivity index (χ2n) is 6.31. The number of hydrogen-bond acceptors (Lipinski definition) is 8. The summed E-state index contributed by atoms with van der Waals surface area (Å²) in [7, 11) is -1.16. The van der Waals surface area contributed by atoms with E-state index < -0.39 is 9.84 Å². The van der Waals surface area contributed by atoms with Gasteiger partial charge in [-0.25, -0.2) is 12.8 Å². The number of benzene rings is 1. The fourth-order valence-corrected chi connectivity index (χ4v) is 5.46. The Hall–Kier alpha value is -2.27. The monoisotopic (exact) mass is 409 g/mol. The van der Waals surface area contributed by atoms with Crippen LogP contribution in [0, 0.1) is 5.82 Å². The highest BCUT2D eigenvalue weighted by molar-refractivity contribution is 7.98. The first-order chi connectivity index (χ1) is 12.9.